The van der Waals surface area contributed by atoms with E-state index in [2.05, 4.69) is 65.8 Å². The molecule has 0 aromatic rings. The van der Waals surface area contributed by atoms with E-state index < -0.39 is 0 Å². The Labute approximate surface area is 83.7 Å². The van der Waals surface area contributed by atoms with E-state index in [-0.39, 0.29) is 0 Å². The van der Waals surface area contributed by atoms with Gasteiger partial charge in [-0.05, 0) is 17.3 Å². The summed E-state index contributed by atoms with van der Waals surface area (Å²) in [5.41, 5.74) is 0.706. The van der Waals surface area contributed by atoms with Crippen LogP contribution in [0.3, 0.4) is 0 Å². The average molecular weight is 180 g/mol. The monoisotopic (exact) mass is 180 g/mol. The van der Waals surface area contributed by atoms with Crippen LogP contribution in [0, 0.1) is 10.8 Å². The molecule has 0 saturated heterocycles. The SMILES string of the molecule is CC(C)(C)/C=C\C=C/CC(C)(C)C. The molecular formula is C13H24. The third-order valence-corrected chi connectivity index (χ3v) is 1.57. The van der Waals surface area contributed by atoms with E-state index in [1.807, 2.05) is 0 Å². The summed E-state index contributed by atoms with van der Waals surface area (Å²) in [6, 6.07) is 0. The van der Waals surface area contributed by atoms with Crippen LogP contribution in [0.5, 0.6) is 0 Å². The van der Waals surface area contributed by atoms with E-state index in [1.165, 1.54) is 0 Å². The molecule has 0 aliphatic rings. The summed E-state index contributed by atoms with van der Waals surface area (Å²) in [4.78, 5) is 0. The van der Waals surface area contributed by atoms with Crippen molar-refractivity contribution in [1.82, 2.24) is 0 Å². The van der Waals surface area contributed by atoms with Gasteiger partial charge in [-0.3, -0.25) is 0 Å². The smallest absolute Gasteiger partial charge is 0.0200 e. The van der Waals surface area contributed by atoms with Gasteiger partial charge in [-0.25, -0.2) is 0 Å². The fourth-order valence-corrected chi connectivity index (χ4v) is 0.844. The van der Waals surface area contributed by atoms with Crippen LogP contribution in [0.25, 0.3) is 0 Å². The van der Waals surface area contributed by atoms with Crippen LogP contribution in [0.15, 0.2) is 24.3 Å². The topological polar surface area (TPSA) is 0 Å². The predicted molar refractivity (Wildman–Crippen MR) is 61.8 cm³/mol. The maximum atomic E-state index is 2.25. The van der Waals surface area contributed by atoms with Gasteiger partial charge in [0.2, 0.25) is 0 Å². The molecule has 0 N–H and O–H groups in total. The molecule has 0 spiro atoms. The summed E-state index contributed by atoms with van der Waals surface area (Å²) in [5, 5.41) is 0. The van der Waals surface area contributed by atoms with Crippen LogP contribution in [0.2, 0.25) is 0 Å². The first-order valence-corrected chi connectivity index (χ1v) is 5.05. The van der Waals surface area contributed by atoms with Crippen molar-refractivity contribution < 1.29 is 0 Å². The molecule has 0 nitrogen and oxygen atoms in total. The lowest BCUT2D eigenvalue weighted by molar-refractivity contribution is 0.420. The van der Waals surface area contributed by atoms with Gasteiger partial charge in [0.05, 0.1) is 0 Å². The maximum absolute atomic E-state index is 2.25. The summed E-state index contributed by atoms with van der Waals surface area (Å²) >= 11 is 0. The van der Waals surface area contributed by atoms with Gasteiger partial charge >= 0.3 is 0 Å². The molecule has 0 heteroatoms. The van der Waals surface area contributed by atoms with E-state index >= 15 is 0 Å². The molecule has 0 aliphatic carbocycles. The first kappa shape index (κ1) is 12.5. The molecule has 0 atom stereocenters. The first-order valence-electron chi connectivity index (χ1n) is 5.05. The molecule has 0 unspecified atom stereocenters. The van der Waals surface area contributed by atoms with Crippen molar-refractivity contribution in [2.45, 2.75) is 48.0 Å². The highest BCUT2D eigenvalue weighted by Gasteiger charge is 2.06. The molecule has 0 radical (unpaired) electrons. The Balaban J connectivity index is 3.84. The molecule has 0 fully saturated rings. The second-order valence-corrected chi connectivity index (χ2v) is 5.92. The molecule has 0 aromatic heterocycles. The fourth-order valence-electron chi connectivity index (χ4n) is 0.844. The molecule has 0 rings (SSSR count). The largest absolute Gasteiger partial charge is 0.0840 e. The zero-order valence-electron chi connectivity index (χ0n) is 10.0. The quantitative estimate of drug-likeness (QED) is 0.546. The van der Waals surface area contributed by atoms with E-state index in [0.29, 0.717) is 10.8 Å². The summed E-state index contributed by atoms with van der Waals surface area (Å²) in [5.74, 6) is 0. The van der Waals surface area contributed by atoms with Crippen LogP contribution in [-0.2, 0) is 0 Å². The van der Waals surface area contributed by atoms with Gasteiger partial charge in [0, 0.05) is 0 Å². The molecule has 0 heterocycles. The Morgan fingerprint density at radius 3 is 1.77 bits per heavy atom. The van der Waals surface area contributed by atoms with Crippen LogP contribution >= 0.6 is 0 Å². The molecule has 0 aromatic carbocycles. The predicted octanol–water partition coefficient (Wildman–Crippen LogP) is 4.58. The normalized spacial score (nSPS) is 14.6. The molecule has 0 bridgehead atoms. The molecular weight excluding hydrogens is 156 g/mol. The highest BCUT2D eigenvalue weighted by Crippen LogP contribution is 2.19. The van der Waals surface area contributed by atoms with Crippen molar-refractivity contribution in [2.24, 2.45) is 10.8 Å². The van der Waals surface area contributed by atoms with E-state index in [4.69, 9.17) is 0 Å². The van der Waals surface area contributed by atoms with E-state index in [0.717, 1.165) is 6.42 Å². The lowest BCUT2D eigenvalue weighted by Crippen LogP contribution is -2.01. The molecule has 0 aliphatic heterocycles. The van der Waals surface area contributed by atoms with Crippen molar-refractivity contribution in [3.8, 4) is 0 Å². The van der Waals surface area contributed by atoms with Gasteiger partial charge in [-0.2, -0.15) is 0 Å². The van der Waals surface area contributed by atoms with Crippen molar-refractivity contribution >= 4 is 0 Å². The van der Waals surface area contributed by atoms with Gasteiger partial charge in [-0.1, -0.05) is 65.8 Å². The average Bonchev–Trinajstić information content (AvgIpc) is 1.81. The summed E-state index contributed by atoms with van der Waals surface area (Å²) < 4.78 is 0. The van der Waals surface area contributed by atoms with Crippen molar-refractivity contribution in [3.63, 3.8) is 0 Å². The number of rotatable bonds is 2. The van der Waals surface area contributed by atoms with E-state index in [9.17, 15) is 0 Å². The van der Waals surface area contributed by atoms with Gasteiger partial charge in [0.15, 0.2) is 0 Å². The lowest BCUT2D eigenvalue weighted by atomic mass is 9.92. The van der Waals surface area contributed by atoms with Gasteiger partial charge in [0.1, 0.15) is 0 Å². The minimum atomic E-state index is 0.298. The Morgan fingerprint density at radius 1 is 0.846 bits per heavy atom. The van der Waals surface area contributed by atoms with Crippen molar-refractivity contribution in [1.29, 1.82) is 0 Å². The van der Waals surface area contributed by atoms with Gasteiger partial charge in [0.25, 0.3) is 0 Å². The van der Waals surface area contributed by atoms with Crippen LogP contribution in [0.1, 0.15) is 48.0 Å². The number of allylic oxidation sites excluding steroid dienone is 4. The van der Waals surface area contributed by atoms with Crippen LogP contribution < -0.4 is 0 Å². The summed E-state index contributed by atoms with van der Waals surface area (Å²) in [6.45, 7) is 13.4. The second-order valence-electron chi connectivity index (χ2n) is 5.92. The van der Waals surface area contributed by atoms with Crippen LogP contribution in [0.4, 0.5) is 0 Å². The minimum Gasteiger partial charge on any atom is -0.0840 e. The Hall–Kier alpha value is -0.520. The molecule has 13 heavy (non-hydrogen) atoms. The molecule has 0 saturated carbocycles. The van der Waals surface area contributed by atoms with Crippen molar-refractivity contribution in [2.75, 3.05) is 0 Å². The highest BCUT2D eigenvalue weighted by molar-refractivity contribution is 5.06. The second kappa shape index (κ2) is 4.64. The van der Waals surface area contributed by atoms with E-state index in [1.54, 1.807) is 0 Å². The Kier molecular flexibility index (Phi) is 4.46. The zero-order chi connectivity index (χ0) is 10.5. The first-order chi connectivity index (χ1) is 5.71. The number of hydrogen-bond acceptors (Lipinski definition) is 0. The summed E-state index contributed by atoms with van der Waals surface area (Å²) in [7, 11) is 0. The molecule has 76 valence electrons. The third-order valence-electron chi connectivity index (χ3n) is 1.57. The van der Waals surface area contributed by atoms with Crippen LogP contribution in [-0.4, -0.2) is 0 Å². The van der Waals surface area contributed by atoms with Crippen molar-refractivity contribution in [3.05, 3.63) is 24.3 Å². The Morgan fingerprint density at radius 2 is 1.38 bits per heavy atom. The minimum absolute atomic E-state index is 0.298. The summed E-state index contributed by atoms with van der Waals surface area (Å²) in [6.07, 6.45) is 9.90. The third kappa shape index (κ3) is 11.5. The van der Waals surface area contributed by atoms with Gasteiger partial charge in [-0.15, -0.1) is 0 Å². The molecule has 0 amide bonds. The number of hydrogen-bond donors (Lipinski definition) is 0. The Bertz CT molecular complexity index is 181. The fraction of sp³-hybridized carbons (Fsp3) is 0.692. The zero-order valence-corrected chi connectivity index (χ0v) is 10.0. The van der Waals surface area contributed by atoms with Gasteiger partial charge < -0.3 is 0 Å². The lowest BCUT2D eigenvalue weighted by Gasteiger charge is -2.14. The maximum Gasteiger partial charge on any atom is -0.0200 e. The highest BCUT2D eigenvalue weighted by atomic mass is 14.1. The standard InChI is InChI=1S/C13H24/c1-12(2,3)10-8-7-9-11-13(4,5)6/h7-10H,11H2,1-6H3/b9-7-,10-8-.